The van der Waals surface area contributed by atoms with Crippen LogP contribution in [0.3, 0.4) is 0 Å². The molecule has 0 aromatic heterocycles. The molecule has 2 atom stereocenters. The third-order valence-corrected chi connectivity index (χ3v) is 5.17. The van der Waals surface area contributed by atoms with Gasteiger partial charge in [-0.25, -0.2) is 0 Å². The number of anilines is 1. The van der Waals surface area contributed by atoms with Crippen LogP contribution in [0.5, 0.6) is 0 Å². The first-order valence-corrected chi connectivity index (χ1v) is 8.33. The fourth-order valence-corrected chi connectivity index (χ4v) is 3.55. The van der Waals surface area contributed by atoms with Crippen molar-refractivity contribution in [3.8, 4) is 0 Å². The zero-order chi connectivity index (χ0) is 18.2. The van der Waals surface area contributed by atoms with Crippen LogP contribution in [0.25, 0.3) is 0 Å². The number of nitrogens with one attached hydrogen (secondary N) is 1. The summed E-state index contributed by atoms with van der Waals surface area (Å²) in [5.41, 5.74) is -0.314. The predicted molar refractivity (Wildman–Crippen MR) is 89.0 cm³/mol. The van der Waals surface area contributed by atoms with Gasteiger partial charge < -0.3 is 10.4 Å². The number of aliphatic carboxylic acids is 1. The van der Waals surface area contributed by atoms with Crippen molar-refractivity contribution < 1.29 is 24.3 Å². The van der Waals surface area contributed by atoms with Crippen LogP contribution < -0.4 is 10.2 Å². The molecule has 2 unspecified atom stereocenters. The number of carbonyl (C=O) groups is 4. The van der Waals surface area contributed by atoms with Crippen molar-refractivity contribution in [1.29, 1.82) is 0 Å². The number of hydrogen-bond acceptors (Lipinski definition) is 4. The molecule has 0 radical (unpaired) electrons. The van der Waals surface area contributed by atoms with Gasteiger partial charge in [0.05, 0.1) is 11.1 Å². The molecule has 3 amide bonds. The van der Waals surface area contributed by atoms with Crippen molar-refractivity contribution in [2.45, 2.75) is 45.1 Å². The summed E-state index contributed by atoms with van der Waals surface area (Å²) in [6, 6.07) is 5.83. The van der Waals surface area contributed by atoms with E-state index in [2.05, 4.69) is 5.32 Å². The van der Waals surface area contributed by atoms with Crippen molar-refractivity contribution in [2.24, 2.45) is 5.41 Å². The summed E-state index contributed by atoms with van der Waals surface area (Å²) in [5.74, 6) is -1.88. The lowest BCUT2D eigenvalue weighted by Gasteiger charge is -2.27. The molecule has 1 aliphatic carbocycles. The highest BCUT2D eigenvalue weighted by molar-refractivity contribution is 6.20. The average molecular weight is 344 g/mol. The Hall–Kier alpha value is -2.70. The molecular weight excluding hydrogens is 324 g/mol. The summed E-state index contributed by atoms with van der Waals surface area (Å²) in [6.45, 7) is 1.64. The third-order valence-electron chi connectivity index (χ3n) is 5.17. The molecule has 1 heterocycles. The van der Waals surface area contributed by atoms with Crippen LogP contribution in [-0.2, 0) is 14.4 Å². The molecule has 2 fully saturated rings. The molecular formula is C18H20N2O5. The summed E-state index contributed by atoms with van der Waals surface area (Å²) in [7, 11) is 0. The molecule has 1 aromatic carbocycles. The second-order valence-corrected chi connectivity index (χ2v) is 6.81. The quantitative estimate of drug-likeness (QED) is 0.809. The molecule has 3 rings (SSSR count). The number of carboxylic acids is 1. The minimum absolute atomic E-state index is 0.175. The van der Waals surface area contributed by atoms with E-state index in [0.29, 0.717) is 24.1 Å². The first-order valence-electron chi connectivity index (χ1n) is 8.33. The Morgan fingerprint density at radius 1 is 1.24 bits per heavy atom. The van der Waals surface area contributed by atoms with E-state index in [1.807, 2.05) is 0 Å². The number of carbonyl (C=O) groups excluding carboxylic acids is 3. The van der Waals surface area contributed by atoms with Gasteiger partial charge in [-0.05, 0) is 38.0 Å². The van der Waals surface area contributed by atoms with Gasteiger partial charge in [0.2, 0.25) is 11.8 Å². The van der Waals surface area contributed by atoms with Crippen molar-refractivity contribution in [3.05, 3.63) is 29.8 Å². The van der Waals surface area contributed by atoms with Crippen molar-refractivity contribution in [3.63, 3.8) is 0 Å². The SMILES string of the molecule is CC1(C(=O)O)CCCC1NC(=O)c1cccc(N2C(=O)CCC2=O)c1. The van der Waals surface area contributed by atoms with Gasteiger partial charge in [-0.15, -0.1) is 0 Å². The Labute approximate surface area is 145 Å². The van der Waals surface area contributed by atoms with Gasteiger partial charge in [-0.2, -0.15) is 0 Å². The van der Waals surface area contributed by atoms with E-state index >= 15 is 0 Å². The second kappa shape index (κ2) is 6.31. The van der Waals surface area contributed by atoms with Crippen molar-refractivity contribution >= 4 is 29.4 Å². The lowest BCUT2D eigenvalue weighted by Crippen LogP contribution is -2.47. The number of rotatable bonds is 4. The van der Waals surface area contributed by atoms with E-state index in [-0.39, 0.29) is 24.7 Å². The fourth-order valence-electron chi connectivity index (χ4n) is 3.55. The highest BCUT2D eigenvalue weighted by Gasteiger charge is 2.46. The molecule has 25 heavy (non-hydrogen) atoms. The topological polar surface area (TPSA) is 104 Å². The van der Waals surface area contributed by atoms with Gasteiger partial charge in [0.25, 0.3) is 5.91 Å². The van der Waals surface area contributed by atoms with E-state index in [1.165, 1.54) is 6.07 Å². The van der Waals surface area contributed by atoms with Crippen molar-refractivity contribution in [2.75, 3.05) is 4.90 Å². The minimum Gasteiger partial charge on any atom is -0.481 e. The number of hydrogen-bond donors (Lipinski definition) is 2. The van der Waals surface area contributed by atoms with Crippen LogP contribution in [0.1, 0.15) is 49.4 Å². The summed E-state index contributed by atoms with van der Waals surface area (Å²) in [6.07, 6.45) is 2.22. The summed E-state index contributed by atoms with van der Waals surface area (Å²) >= 11 is 0. The summed E-state index contributed by atoms with van der Waals surface area (Å²) in [4.78, 5) is 48.8. The Kier molecular flexibility index (Phi) is 4.32. The van der Waals surface area contributed by atoms with Crippen molar-refractivity contribution in [1.82, 2.24) is 5.32 Å². The standard InChI is InChI=1S/C18H20N2O5/c1-18(17(24)25)9-3-6-13(18)19-16(23)11-4-2-5-12(10-11)20-14(21)7-8-15(20)22/h2,4-5,10,13H,3,6-9H2,1H3,(H,19,23)(H,24,25). The normalized spacial score (nSPS) is 26.1. The highest BCUT2D eigenvalue weighted by atomic mass is 16.4. The van der Waals surface area contributed by atoms with E-state index in [1.54, 1.807) is 25.1 Å². The maximum atomic E-state index is 12.5. The maximum Gasteiger partial charge on any atom is 0.311 e. The largest absolute Gasteiger partial charge is 0.481 e. The molecule has 1 aliphatic heterocycles. The van der Waals surface area contributed by atoms with Crippen LogP contribution in [0.2, 0.25) is 0 Å². The lowest BCUT2D eigenvalue weighted by molar-refractivity contribution is -0.148. The van der Waals surface area contributed by atoms with E-state index in [9.17, 15) is 24.3 Å². The second-order valence-electron chi connectivity index (χ2n) is 6.81. The highest BCUT2D eigenvalue weighted by Crippen LogP contribution is 2.38. The van der Waals surface area contributed by atoms with Gasteiger partial charge in [-0.1, -0.05) is 12.5 Å². The monoisotopic (exact) mass is 344 g/mol. The van der Waals surface area contributed by atoms with Gasteiger partial charge in [0.1, 0.15) is 0 Å². The number of amides is 3. The molecule has 1 saturated carbocycles. The summed E-state index contributed by atoms with van der Waals surface area (Å²) < 4.78 is 0. The third kappa shape index (κ3) is 3.01. The smallest absolute Gasteiger partial charge is 0.311 e. The van der Waals surface area contributed by atoms with E-state index < -0.39 is 23.3 Å². The predicted octanol–water partition coefficient (Wildman–Crippen LogP) is 1.71. The maximum absolute atomic E-state index is 12.5. The summed E-state index contributed by atoms with van der Waals surface area (Å²) in [5, 5.41) is 12.2. The Morgan fingerprint density at radius 3 is 2.56 bits per heavy atom. The van der Waals surface area contributed by atoms with Gasteiger partial charge in [0.15, 0.2) is 0 Å². The minimum atomic E-state index is -0.978. The number of benzene rings is 1. The average Bonchev–Trinajstić information content (AvgIpc) is 3.11. The molecule has 2 N–H and O–H groups in total. The molecule has 2 aliphatic rings. The molecule has 7 heteroatoms. The number of nitrogens with zero attached hydrogens (tertiary/aromatic N) is 1. The lowest BCUT2D eigenvalue weighted by atomic mass is 9.85. The molecule has 1 aromatic rings. The van der Waals surface area contributed by atoms with Gasteiger partial charge in [0, 0.05) is 24.4 Å². The van der Waals surface area contributed by atoms with Crippen LogP contribution in [-0.4, -0.2) is 34.8 Å². The zero-order valence-corrected chi connectivity index (χ0v) is 13.9. The van der Waals surface area contributed by atoms with Gasteiger partial charge >= 0.3 is 5.97 Å². The fraction of sp³-hybridized carbons (Fsp3) is 0.444. The Morgan fingerprint density at radius 2 is 1.92 bits per heavy atom. The van der Waals surface area contributed by atoms with Crippen LogP contribution in [0.4, 0.5) is 5.69 Å². The number of imide groups is 1. The first kappa shape index (κ1) is 17.1. The zero-order valence-electron chi connectivity index (χ0n) is 13.9. The Bertz CT molecular complexity index is 744. The number of carboxylic acid groups (broad SMARTS) is 1. The van der Waals surface area contributed by atoms with Crippen LogP contribution in [0, 0.1) is 5.41 Å². The molecule has 0 bridgehead atoms. The molecule has 7 nitrogen and oxygen atoms in total. The van der Waals surface area contributed by atoms with Crippen LogP contribution >= 0.6 is 0 Å². The van der Waals surface area contributed by atoms with E-state index in [0.717, 1.165) is 11.3 Å². The molecule has 1 saturated heterocycles. The van der Waals surface area contributed by atoms with E-state index in [4.69, 9.17) is 0 Å². The van der Waals surface area contributed by atoms with Crippen LogP contribution in [0.15, 0.2) is 24.3 Å². The first-order chi connectivity index (χ1) is 11.8. The molecule has 132 valence electrons. The van der Waals surface area contributed by atoms with Gasteiger partial charge in [-0.3, -0.25) is 24.1 Å². The molecule has 0 spiro atoms. The Balaban J connectivity index is 1.79.